The molecular formula is C17H30N2O2Si. The summed E-state index contributed by atoms with van der Waals surface area (Å²) in [5, 5.41) is 3.23. The lowest BCUT2D eigenvalue weighted by molar-refractivity contribution is 0.0910. The van der Waals surface area contributed by atoms with Crippen LogP contribution in [0.3, 0.4) is 0 Å². The van der Waals surface area contributed by atoms with E-state index >= 15 is 0 Å². The summed E-state index contributed by atoms with van der Waals surface area (Å²) >= 11 is 0. The minimum Gasteiger partial charge on any atom is -0.415 e. The van der Waals surface area contributed by atoms with Crippen LogP contribution in [0.15, 0.2) is 24.4 Å². The molecule has 0 spiro atoms. The minimum absolute atomic E-state index is 0.0358. The zero-order valence-electron chi connectivity index (χ0n) is 14.8. The van der Waals surface area contributed by atoms with Gasteiger partial charge in [0, 0.05) is 6.20 Å². The smallest absolute Gasteiger partial charge is 0.270 e. The first-order chi connectivity index (χ1) is 10.2. The Balaban J connectivity index is 2.65. The van der Waals surface area contributed by atoms with E-state index in [1.165, 1.54) is 0 Å². The molecule has 0 saturated heterocycles. The van der Waals surface area contributed by atoms with Crippen molar-refractivity contribution in [2.75, 3.05) is 6.61 Å². The van der Waals surface area contributed by atoms with Crippen molar-refractivity contribution in [1.82, 2.24) is 10.3 Å². The van der Waals surface area contributed by atoms with Crippen LogP contribution in [0.2, 0.25) is 18.1 Å². The largest absolute Gasteiger partial charge is 0.415 e. The molecule has 1 N–H and O–H groups in total. The SMILES string of the molecule is CCCC(CO[Si](C)(C)C(C)(C)C)NC(=O)c1ccccn1. The van der Waals surface area contributed by atoms with Gasteiger partial charge in [-0.2, -0.15) is 0 Å². The summed E-state index contributed by atoms with van der Waals surface area (Å²) in [6.07, 6.45) is 3.55. The number of rotatable bonds is 7. The lowest BCUT2D eigenvalue weighted by Gasteiger charge is -2.37. The third-order valence-corrected chi connectivity index (χ3v) is 8.82. The van der Waals surface area contributed by atoms with Crippen LogP contribution in [0.1, 0.15) is 51.0 Å². The molecule has 0 aliphatic heterocycles. The van der Waals surface area contributed by atoms with Crippen molar-refractivity contribution in [3.05, 3.63) is 30.1 Å². The van der Waals surface area contributed by atoms with Crippen molar-refractivity contribution in [2.45, 2.75) is 64.7 Å². The molecule has 1 atom stereocenters. The second-order valence-corrected chi connectivity index (χ2v) is 12.1. The molecule has 0 aliphatic carbocycles. The first kappa shape index (κ1) is 18.8. The molecule has 1 aromatic heterocycles. The van der Waals surface area contributed by atoms with Gasteiger partial charge in [0.05, 0.1) is 12.6 Å². The van der Waals surface area contributed by atoms with E-state index in [1.54, 1.807) is 18.3 Å². The molecular weight excluding hydrogens is 292 g/mol. The van der Waals surface area contributed by atoms with Gasteiger partial charge < -0.3 is 9.74 Å². The van der Waals surface area contributed by atoms with E-state index in [0.717, 1.165) is 12.8 Å². The highest BCUT2D eigenvalue weighted by Crippen LogP contribution is 2.36. The Morgan fingerprint density at radius 3 is 2.55 bits per heavy atom. The first-order valence-corrected chi connectivity index (χ1v) is 10.9. The van der Waals surface area contributed by atoms with Crippen LogP contribution in [0, 0.1) is 0 Å². The molecule has 1 unspecified atom stereocenters. The standard InChI is InChI=1S/C17H30N2O2Si/c1-7-10-14(13-21-22(5,6)17(2,3)4)19-16(20)15-11-8-9-12-18-15/h8-9,11-12,14H,7,10,13H2,1-6H3,(H,19,20). The average molecular weight is 323 g/mol. The molecule has 0 aromatic carbocycles. The van der Waals surface area contributed by atoms with Crippen LogP contribution in [0.4, 0.5) is 0 Å². The fraction of sp³-hybridized carbons (Fsp3) is 0.647. The van der Waals surface area contributed by atoms with Gasteiger partial charge in [0.25, 0.3) is 5.91 Å². The molecule has 124 valence electrons. The molecule has 1 amide bonds. The van der Waals surface area contributed by atoms with Crippen molar-refractivity contribution in [3.8, 4) is 0 Å². The quantitative estimate of drug-likeness (QED) is 0.772. The Morgan fingerprint density at radius 1 is 1.36 bits per heavy atom. The number of hydrogen-bond donors (Lipinski definition) is 1. The van der Waals surface area contributed by atoms with E-state index < -0.39 is 8.32 Å². The fourth-order valence-electron chi connectivity index (χ4n) is 1.83. The van der Waals surface area contributed by atoms with Gasteiger partial charge in [0.1, 0.15) is 5.69 Å². The second-order valence-electron chi connectivity index (χ2n) is 7.25. The maximum absolute atomic E-state index is 12.2. The molecule has 1 rings (SSSR count). The van der Waals surface area contributed by atoms with Crippen LogP contribution < -0.4 is 5.32 Å². The molecule has 0 bridgehead atoms. The molecule has 0 fully saturated rings. The van der Waals surface area contributed by atoms with Crippen molar-refractivity contribution in [3.63, 3.8) is 0 Å². The maximum atomic E-state index is 12.2. The lowest BCUT2D eigenvalue weighted by atomic mass is 10.2. The number of carbonyl (C=O) groups excluding carboxylic acids is 1. The Morgan fingerprint density at radius 2 is 2.05 bits per heavy atom. The number of nitrogens with one attached hydrogen (secondary N) is 1. The number of carbonyl (C=O) groups is 1. The van der Waals surface area contributed by atoms with Gasteiger partial charge in [-0.1, -0.05) is 40.2 Å². The van der Waals surface area contributed by atoms with Gasteiger partial charge in [-0.3, -0.25) is 9.78 Å². The van der Waals surface area contributed by atoms with E-state index in [2.05, 4.69) is 51.1 Å². The van der Waals surface area contributed by atoms with Crippen LogP contribution in [-0.2, 0) is 4.43 Å². The van der Waals surface area contributed by atoms with Crippen LogP contribution in [-0.4, -0.2) is 31.9 Å². The van der Waals surface area contributed by atoms with Gasteiger partial charge in [0.2, 0.25) is 0 Å². The Bertz CT molecular complexity index is 469. The molecule has 22 heavy (non-hydrogen) atoms. The summed E-state index contributed by atoms with van der Waals surface area (Å²) < 4.78 is 6.25. The highest BCUT2D eigenvalue weighted by molar-refractivity contribution is 6.74. The van der Waals surface area contributed by atoms with E-state index in [-0.39, 0.29) is 17.0 Å². The summed E-state index contributed by atoms with van der Waals surface area (Å²) in [6, 6.07) is 5.39. The summed E-state index contributed by atoms with van der Waals surface area (Å²) in [7, 11) is -1.79. The molecule has 0 radical (unpaired) electrons. The monoisotopic (exact) mass is 322 g/mol. The zero-order chi connectivity index (χ0) is 16.8. The number of pyridine rings is 1. The van der Waals surface area contributed by atoms with Gasteiger partial charge in [0.15, 0.2) is 8.32 Å². The summed E-state index contributed by atoms with van der Waals surface area (Å²) in [5.41, 5.74) is 0.455. The van der Waals surface area contributed by atoms with Crippen LogP contribution >= 0.6 is 0 Å². The van der Waals surface area contributed by atoms with Gasteiger partial charge in [-0.05, 0) is 36.7 Å². The van der Waals surface area contributed by atoms with Crippen molar-refractivity contribution in [2.24, 2.45) is 0 Å². The highest BCUT2D eigenvalue weighted by atomic mass is 28.4. The molecule has 5 heteroatoms. The number of amides is 1. The van der Waals surface area contributed by atoms with Crippen molar-refractivity contribution >= 4 is 14.2 Å². The lowest BCUT2D eigenvalue weighted by Crippen LogP contribution is -2.46. The molecule has 4 nitrogen and oxygen atoms in total. The predicted octanol–water partition coefficient (Wildman–Crippen LogP) is 4.00. The third-order valence-electron chi connectivity index (χ3n) is 4.32. The number of aromatic nitrogens is 1. The van der Waals surface area contributed by atoms with E-state index in [0.29, 0.717) is 12.3 Å². The average Bonchev–Trinajstić information content (AvgIpc) is 2.44. The summed E-state index contributed by atoms with van der Waals surface area (Å²) in [4.78, 5) is 16.3. The zero-order valence-corrected chi connectivity index (χ0v) is 15.8. The van der Waals surface area contributed by atoms with E-state index in [4.69, 9.17) is 4.43 Å². The summed E-state index contributed by atoms with van der Waals surface area (Å²) in [5.74, 6) is -0.127. The maximum Gasteiger partial charge on any atom is 0.270 e. The third kappa shape index (κ3) is 5.53. The Hall–Kier alpha value is -1.20. The first-order valence-electron chi connectivity index (χ1n) is 8.03. The highest BCUT2D eigenvalue weighted by Gasteiger charge is 2.37. The fourth-order valence-corrected chi connectivity index (χ4v) is 2.88. The topological polar surface area (TPSA) is 51.2 Å². The van der Waals surface area contributed by atoms with Crippen LogP contribution in [0.5, 0.6) is 0 Å². The minimum atomic E-state index is -1.79. The second kappa shape index (κ2) is 7.88. The van der Waals surface area contributed by atoms with Gasteiger partial charge in [-0.15, -0.1) is 0 Å². The number of hydrogen-bond acceptors (Lipinski definition) is 3. The molecule has 1 aromatic rings. The van der Waals surface area contributed by atoms with E-state index in [1.807, 2.05) is 6.07 Å². The Kier molecular flexibility index (Phi) is 6.75. The number of nitrogens with zero attached hydrogens (tertiary/aromatic N) is 1. The Labute approximate surface area is 135 Å². The molecule has 0 saturated carbocycles. The molecule has 1 heterocycles. The van der Waals surface area contributed by atoms with Crippen molar-refractivity contribution < 1.29 is 9.22 Å². The summed E-state index contributed by atoms with van der Waals surface area (Å²) in [6.45, 7) is 13.8. The van der Waals surface area contributed by atoms with Crippen LogP contribution in [0.25, 0.3) is 0 Å². The normalized spacial score (nSPS) is 13.7. The van der Waals surface area contributed by atoms with Gasteiger partial charge >= 0.3 is 0 Å². The van der Waals surface area contributed by atoms with Crippen molar-refractivity contribution in [1.29, 1.82) is 0 Å². The van der Waals surface area contributed by atoms with Gasteiger partial charge in [-0.25, -0.2) is 0 Å². The molecule has 0 aliphatic rings. The van der Waals surface area contributed by atoms with E-state index in [9.17, 15) is 4.79 Å². The predicted molar refractivity (Wildman–Crippen MR) is 93.5 cm³/mol.